The number of para-hydroxylation sites is 2. The Morgan fingerprint density at radius 3 is 1.65 bits per heavy atom. The predicted molar refractivity (Wildman–Crippen MR) is 98.6 cm³/mol. The molecule has 0 aliphatic rings. The fourth-order valence-corrected chi connectivity index (χ4v) is 3.07. The molecule has 0 bridgehead atoms. The standard InChI is InChI=1S/C16H15BN2O6P/c1-2-26(17,24-11-13-7-3-5-9-15(13)18(20)21)25-12-14-8-4-6-10-16(14)19(22)23/h2-10H,1,11-12H2/q+1. The molecule has 2 aromatic carbocycles. The Morgan fingerprint density at radius 2 is 1.31 bits per heavy atom. The van der Waals surface area contributed by atoms with E-state index in [1.165, 1.54) is 17.9 Å². The van der Waals surface area contributed by atoms with E-state index in [2.05, 4.69) is 6.58 Å². The first-order chi connectivity index (χ1) is 12.4. The maximum atomic E-state index is 11.0. The van der Waals surface area contributed by atoms with Crippen LogP contribution >= 0.6 is 7.59 Å². The summed E-state index contributed by atoms with van der Waals surface area (Å²) in [4.78, 5) is 21.0. The first kappa shape index (κ1) is 19.7. The van der Waals surface area contributed by atoms with E-state index in [-0.39, 0.29) is 24.6 Å². The molecular formula is C16H15BN2O6P+. The van der Waals surface area contributed by atoms with Crippen molar-refractivity contribution in [2.75, 3.05) is 0 Å². The second-order valence-electron chi connectivity index (χ2n) is 5.15. The van der Waals surface area contributed by atoms with Crippen molar-refractivity contribution in [1.29, 1.82) is 0 Å². The lowest BCUT2D eigenvalue weighted by Crippen LogP contribution is -2.04. The molecule has 2 rings (SSSR count). The number of rotatable bonds is 9. The Balaban J connectivity index is 2.09. The van der Waals surface area contributed by atoms with Gasteiger partial charge in [0.25, 0.3) is 11.4 Å². The normalized spacial score (nSPS) is 11.1. The second-order valence-corrected chi connectivity index (χ2v) is 7.32. The molecule has 0 heterocycles. The molecule has 132 valence electrons. The molecule has 8 nitrogen and oxygen atoms in total. The maximum Gasteiger partial charge on any atom is 0.450 e. The zero-order chi connectivity index (χ0) is 19.2. The summed E-state index contributed by atoms with van der Waals surface area (Å²) >= 11 is 0. The van der Waals surface area contributed by atoms with E-state index in [9.17, 15) is 20.2 Å². The fourth-order valence-electron chi connectivity index (χ4n) is 2.11. The van der Waals surface area contributed by atoms with Crippen molar-refractivity contribution in [1.82, 2.24) is 0 Å². The van der Waals surface area contributed by atoms with E-state index in [0.29, 0.717) is 11.1 Å². The molecule has 0 unspecified atom stereocenters. The Morgan fingerprint density at radius 1 is 0.923 bits per heavy atom. The molecule has 0 N–H and O–H groups in total. The lowest BCUT2D eigenvalue weighted by Gasteiger charge is -2.17. The summed E-state index contributed by atoms with van der Waals surface area (Å²) in [6, 6.07) is 12.2. The molecule has 0 saturated carbocycles. The Kier molecular flexibility index (Phi) is 6.57. The molecule has 0 aromatic heterocycles. The highest BCUT2D eigenvalue weighted by Gasteiger charge is 2.34. The van der Waals surface area contributed by atoms with Crippen molar-refractivity contribution >= 4 is 26.5 Å². The van der Waals surface area contributed by atoms with Gasteiger partial charge in [0, 0.05) is 12.1 Å². The van der Waals surface area contributed by atoms with Gasteiger partial charge in [-0.15, -0.1) is 0 Å². The van der Waals surface area contributed by atoms with Crippen LogP contribution in [-0.4, -0.2) is 17.4 Å². The van der Waals surface area contributed by atoms with Gasteiger partial charge in [-0.1, -0.05) is 30.8 Å². The number of nitro groups is 2. The minimum absolute atomic E-state index is 0.0955. The minimum atomic E-state index is -3.06. The number of benzene rings is 2. The molecule has 10 heteroatoms. The third-order valence-corrected chi connectivity index (χ3v) is 5.05. The molecule has 0 atom stereocenters. The molecule has 0 amide bonds. The molecule has 0 aliphatic carbocycles. The van der Waals surface area contributed by atoms with Crippen LogP contribution < -0.4 is 0 Å². The van der Waals surface area contributed by atoms with E-state index in [1.807, 2.05) is 0 Å². The summed E-state index contributed by atoms with van der Waals surface area (Å²) in [6.07, 6.45) is 0. The Labute approximate surface area is 151 Å². The van der Waals surface area contributed by atoms with Crippen LogP contribution in [0.1, 0.15) is 11.1 Å². The summed E-state index contributed by atoms with van der Waals surface area (Å²) in [5.74, 6) is 1.29. The van der Waals surface area contributed by atoms with Crippen LogP contribution in [0.5, 0.6) is 0 Å². The van der Waals surface area contributed by atoms with Crippen LogP contribution in [0, 0.1) is 20.2 Å². The number of nitro benzene ring substituents is 2. The van der Waals surface area contributed by atoms with Crippen molar-refractivity contribution < 1.29 is 18.9 Å². The number of nitrogens with zero attached hydrogens (tertiary/aromatic N) is 2. The van der Waals surface area contributed by atoms with Gasteiger partial charge < -0.3 is 0 Å². The number of hydrogen-bond donors (Lipinski definition) is 0. The summed E-state index contributed by atoms with van der Waals surface area (Å²) in [6.45, 7) is 3.28. The summed E-state index contributed by atoms with van der Waals surface area (Å²) in [7, 11) is 2.99. The molecule has 0 aliphatic heterocycles. The van der Waals surface area contributed by atoms with Crippen LogP contribution in [-0.2, 0) is 22.3 Å². The van der Waals surface area contributed by atoms with Crippen LogP contribution in [0.25, 0.3) is 0 Å². The van der Waals surface area contributed by atoms with Gasteiger partial charge >= 0.3 is 7.57 Å². The molecule has 2 radical (unpaired) electrons. The minimum Gasteiger partial charge on any atom is -0.258 e. The monoisotopic (exact) mass is 373 g/mol. The topological polar surface area (TPSA) is 105 Å². The van der Waals surface area contributed by atoms with E-state index in [1.54, 1.807) is 36.4 Å². The molecule has 2 aromatic rings. The van der Waals surface area contributed by atoms with Crippen molar-refractivity contribution in [3.8, 4) is 0 Å². The third-order valence-electron chi connectivity index (χ3n) is 3.47. The number of hydrogen-bond acceptors (Lipinski definition) is 6. The summed E-state index contributed by atoms with van der Waals surface area (Å²) in [5.41, 5.74) is 0.482. The van der Waals surface area contributed by atoms with Gasteiger partial charge in [0.15, 0.2) is 0 Å². The first-order valence-corrected chi connectivity index (χ1v) is 9.17. The molecule has 0 fully saturated rings. The van der Waals surface area contributed by atoms with Crippen LogP contribution in [0.15, 0.2) is 60.9 Å². The lowest BCUT2D eigenvalue weighted by molar-refractivity contribution is -0.385. The van der Waals surface area contributed by atoms with E-state index >= 15 is 0 Å². The van der Waals surface area contributed by atoms with Crippen LogP contribution in [0.2, 0.25) is 0 Å². The third kappa shape index (κ3) is 4.95. The second kappa shape index (κ2) is 8.67. The van der Waals surface area contributed by atoms with Gasteiger partial charge in [-0.2, -0.15) is 0 Å². The first-order valence-electron chi connectivity index (χ1n) is 7.41. The van der Waals surface area contributed by atoms with Gasteiger partial charge in [0.1, 0.15) is 13.2 Å². The van der Waals surface area contributed by atoms with Crippen LogP contribution in [0.4, 0.5) is 11.4 Å². The highest BCUT2D eigenvalue weighted by molar-refractivity contribution is 7.92. The zero-order valence-electron chi connectivity index (χ0n) is 13.7. The van der Waals surface area contributed by atoms with Crippen molar-refractivity contribution in [3.05, 3.63) is 92.3 Å². The van der Waals surface area contributed by atoms with Crippen LogP contribution in [0.3, 0.4) is 0 Å². The van der Waals surface area contributed by atoms with E-state index in [4.69, 9.17) is 16.6 Å². The van der Waals surface area contributed by atoms with E-state index in [0.717, 1.165) is 0 Å². The largest absolute Gasteiger partial charge is 0.450 e. The Bertz CT molecular complexity index is 770. The van der Waals surface area contributed by atoms with E-state index < -0.39 is 17.4 Å². The summed E-state index contributed by atoms with van der Waals surface area (Å²) in [5, 5.41) is 22.1. The maximum absolute atomic E-state index is 11.0. The van der Waals surface area contributed by atoms with Crippen molar-refractivity contribution in [2.24, 2.45) is 0 Å². The van der Waals surface area contributed by atoms with Gasteiger partial charge in [-0.05, 0) is 12.1 Å². The predicted octanol–water partition coefficient (Wildman–Crippen LogP) is 4.31. The zero-order valence-corrected chi connectivity index (χ0v) is 14.6. The quantitative estimate of drug-likeness (QED) is 0.281. The van der Waals surface area contributed by atoms with Crippen molar-refractivity contribution in [2.45, 2.75) is 13.2 Å². The molecular weight excluding hydrogens is 358 g/mol. The highest BCUT2D eigenvalue weighted by atomic mass is 31.2. The summed E-state index contributed by atoms with van der Waals surface area (Å²) < 4.78 is 11.1. The van der Waals surface area contributed by atoms with Gasteiger partial charge in [-0.3, -0.25) is 20.2 Å². The lowest BCUT2D eigenvalue weighted by atomic mass is 10.2. The smallest absolute Gasteiger partial charge is 0.258 e. The molecule has 26 heavy (non-hydrogen) atoms. The van der Waals surface area contributed by atoms with Gasteiger partial charge in [0.05, 0.1) is 26.8 Å². The Hall–Kier alpha value is -2.61. The highest BCUT2D eigenvalue weighted by Crippen LogP contribution is 2.59. The fraction of sp³-hybridized carbons (Fsp3) is 0.125. The van der Waals surface area contributed by atoms with Gasteiger partial charge in [-0.25, -0.2) is 9.05 Å². The van der Waals surface area contributed by atoms with Crippen molar-refractivity contribution in [3.63, 3.8) is 0 Å². The SMILES string of the molecule is [B][P+](C=C)(OCc1ccccc1[N+](=O)[O-])OCc1ccccc1[N+](=O)[O-]. The average Bonchev–Trinajstić information content (AvgIpc) is 2.65. The molecule has 0 spiro atoms. The van der Waals surface area contributed by atoms with Gasteiger partial charge in [0.2, 0.25) is 7.59 Å². The average molecular weight is 373 g/mol. The molecule has 0 saturated heterocycles.